The van der Waals surface area contributed by atoms with Gasteiger partial charge in [0, 0.05) is 19.0 Å². The molecule has 96 valence electrons. The molecule has 2 atom stereocenters. The highest BCUT2D eigenvalue weighted by Crippen LogP contribution is 2.25. The second-order valence-corrected chi connectivity index (χ2v) is 5.12. The molecule has 0 aromatic carbocycles. The van der Waals surface area contributed by atoms with Gasteiger partial charge in [0.05, 0.1) is 0 Å². The number of aromatic nitrogens is 3. The Morgan fingerprint density at radius 2 is 2.29 bits per heavy atom. The van der Waals surface area contributed by atoms with Crippen molar-refractivity contribution in [2.24, 2.45) is 5.92 Å². The van der Waals surface area contributed by atoms with Crippen LogP contribution in [0.4, 0.5) is 0 Å². The van der Waals surface area contributed by atoms with E-state index < -0.39 is 0 Å². The maximum Gasteiger partial charge on any atom is 0.137 e. The fraction of sp³-hybridized carbons (Fsp3) is 0.846. The highest BCUT2D eigenvalue weighted by molar-refractivity contribution is 4.82. The molecule has 0 radical (unpaired) electrons. The molecule has 17 heavy (non-hydrogen) atoms. The lowest BCUT2D eigenvalue weighted by Gasteiger charge is -2.16. The summed E-state index contributed by atoms with van der Waals surface area (Å²) in [7, 11) is 0. The third kappa shape index (κ3) is 4.11. The lowest BCUT2D eigenvalue weighted by molar-refractivity contribution is 0.426. The van der Waals surface area contributed by atoms with Crippen molar-refractivity contribution < 1.29 is 0 Å². The first kappa shape index (κ1) is 12.6. The van der Waals surface area contributed by atoms with Crippen molar-refractivity contribution in [1.29, 1.82) is 0 Å². The van der Waals surface area contributed by atoms with Crippen molar-refractivity contribution in [2.45, 2.75) is 57.9 Å². The molecule has 1 aromatic rings. The van der Waals surface area contributed by atoms with E-state index in [2.05, 4.69) is 27.4 Å². The number of nitrogens with zero attached hydrogens (tertiary/aromatic N) is 2. The molecule has 1 aliphatic carbocycles. The maximum atomic E-state index is 4.14. The second kappa shape index (κ2) is 6.74. The molecule has 1 heterocycles. The van der Waals surface area contributed by atoms with Crippen molar-refractivity contribution >= 4 is 0 Å². The van der Waals surface area contributed by atoms with Gasteiger partial charge in [0.15, 0.2) is 0 Å². The van der Waals surface area contributed by atoms with E-state index in [1.165, 1.54) is 38.5 Å². The minimum Gasteiger partial charge on any atom is -0.314 e. The van der Waals surface area contributed by atoms with Crippen LogP contribution in [0.1, 0.15) is 51.3 Å². The van der Waals surface area contributed by atoms with Crippen LogP contribution in [0.25, 0.3) is 0 Å². The predicted molar refractivity (Wildman–Crippen MR) is 68.7 cm³/mol. The summed E-state index contributed by atoms with van der Waals surface area (Å²) < 4.78 is 0. The first-order valence-electron chi connectivity index (χ1n) is 6.96. The standard InChI is InChI=1S/C13H24N4/c1-2-11-4-3-5-12(7-6-11)14-9-8-13-15-10-16-17-13/h10-12,14H,2-9H2,1H3,(H,15,16,17). The first-order chi connectivity index (χ1) is 8.38. The fourth-order valence-electron chi connectivity index (χ4n) is 2.74. The number of hydrogen-bond donors (Lipinski definition) is 2. The molecule has 4 heteroatoms. The summed E-state index contributed by atoms with van der Waals surface area (Å²) in [5.74, 6) is 1.95. The average Bonchev–Trinajstić information content (AvgIpc) is 2.75. The molecule has 2 rings (SSSR count). The summed E-state index contributed by atoms with van der Waals surface area (Å²) in [5.41, 5.74) is 0. The number of aromatic amines is 1. The van der Waals surface area contributed by atoms with Crippen LogP contribution in [0.3, 0.4) is 0 Å². The minimum absolute atomic E-state index is 0.717. The number of nitrogens with one attached hydrogen (secondary N) is 2. The summed E-state index contributed by atoms with van der Waals surface area (Å²) in [5, 5.41) is 10.4. The zero-order valence-corrected chi connectivity index (χ0v) is 10.8. The smallest absolute Gasteiger partial charge is 0.137 e. The van der Waals surface area contributed by atoms with Crippen molar-refractivity contribution in [3.63, 3.8) is 0 Å². The molecule has 4 nitrogen and oxygen atoms in total. The fourth-order valence-corrected chi connectivity index (χ4v) is 2.74. The zero-order chi connectivity index (χ0) is 11.9. The van der Waals surface area contributed by atoms with Gasteiger partial charge < -0.3 is 5.32 Å². The maximum absolute atomic E-state index is 4.14. The van der Waals surface area contributed by atoms with Crippen molar-refractivity contribution in [1.82, 2.24) is 20.5 Å². The molecule has 1 aliphatic rings. The summed E-state index contributed by atoms with van der Waals surface area (Å²) >= 11 is 0. The summed E-state index contributed by atoms with van der Waals surface area (Å²) in [6, 6.07) is 0.717. The molecule has 1 aromatic heterocycles. The monoisotopic (exact) mass is 236 g/mol. The quantitative estimate of drug-likeness (QED) is 0.771. The van der Waals surface area contributed by atoms with Crippen LogP contribution in [-0.4, -0.2) is 27.8 Å². The zero-order valence-electron chi connectivity index (χ0n) is 10.8. The van der Waals surface area contributed by atoms with Crippen molar-refractivity contribution in [3.8, 4) is 0 Å². The Bertz CT molecular complexity index is 296. The molecule has 0 spiro atoms. The van der Waals surface area contributed by atoms with Crippen LogP contribution >= 0.6 is 0 Å². The molecule has 2 N–H and O–H groups in total. The number of hydrogen-bond acceptors (Lipinski definition) is 3. The Hall–Kier alpha value is -0.900. The lowest BCUT2D eigenvalue weighted by Crippen LogP contribution is -2.30. The highest BCUT2D eigenvalue weighted by atomic mass is 15.2. The van der Waals surface area contributed by atoms with Gasteiger partial charge in [-0.1, -0.05) is 26.2 Å². The Balaban J connectivity index is 1.65. The van der Waals surface area contributed by atoms with E-state index in [1.54, 1.807) is 6.33 Å². The van der Waals surface area contributed by atoms with Gasteiger partial charge in [-0.2, -0.15) is 5.10 Å². The lowest BCUT2D eigenvalue weighted by atomic mass is 9.98. The number of H-pyrrole nitrogens is 1. The molecule has 0 aliphatic heterocycles. The van der Waals surface area contributed by atoms with E-state index in [1.807, 2.05) is 0 Å². The largest absolute Gasteiger partial charge is 0.314 e. The van der Waals surface area contributed by atoms with Crippen molar-refractivity contribution in [2.75, 3.05) is 6.54 Å². The van der Waals surface area contributed by atoms with E-state index in [0.29, 0.717) is 0 Å². The van der Waals surface area contributed by atoms with E-state index >= 15 is 0 Å². The average molecular weight is 236 g/mol. The SMILES string of the molecule is CCC1CCCC(NCCc2ncn[nH]2)CC1. The summed E-state index contributed by atoms with van der Waals surface area (Å²) in [6.07, 6.45) is 10.8. The van der Waals surface area contributed by atoms with Crippen molar-refractivity contribution in [3.05, 3.63) is 12.2 Å². The van der Waals surface area contributed by atoms with E-state index in [-0.39, 0.29) is 0 Å². The predicted octanol–water partition coefficient (Wildman–Crippen LogP) is 2.30. The van der Waals surface area contributed by atoms with E-state index in [4.69, 9.17) is 0 Å². The van der Waals surface area contributed by atoms with Gasteiger partial charge >= 0.3 is 0 Å². The summed E-state index contributed by atoms with van der Waals surface area (Å²) in [6.45, 7) is 3.33. The van der Waals surface area contributed by atoms with Gasteiger partial charge in [0.2, 0.25) is 0 Å². The van der Waals surface area contributed by atoms with Crippen LogP contribution in [0.15, 0.2) is 6.33 Å². The first-order valence-corrected chi connectivity index (χ1v) is 6.96. The van der Waals surface area contributed by atoms with Gasteiger partial charge in [-0.25, -0.2) is 4.98 Å². The molecule has 1 saturated carbocycles. The van der Waals surface area contributed by atoms with Gasteiger partial charge in [0.25, 0.3) is 0 Å². The topological polar surface area (TPSA) is 53.6 Å². The minimum atomic E-state index is 0.717. The van der Waals surface area contributed by atoms with Crippen LogP contribution in [-0.2, 0) is 6.42 Å². The Morgan fingerprint density at radius 3 is 3.06 bits per heavy atom. The van der Waals surface area contributed by atoms with Crippen LogP contribution < -0.4 is 5.32 Å². The highest BCUT2D eigenvalue weighted by Gasteiger charge is 2.17. The Labute approximate surface area is 104 Å². The Kier molecular flexibility index (Phi) is 4.98. The molecule has 0 amide bonds. The number of rotatable bonds is 5. The molecule has 2 unspecified atom stereocenters. The van der Waals surface area contributed by atoms with Gasteiger partial charge in [-0.15, -0.1) is 0 Å². The molecule has 0 bridgehead atoms. The second-order valence-electron chi connectivity index (χ2n) is 5.12. The third-order valence-corrected chi connectivity index (χ3v) is 3.93. The third-order valence-electron chi connectivity index (χ3n) is 3.93. The van der Waals surface area contributed by atoms with Gasteiger partial charge in [-0.05, 0) is 25.2 Å². The molecular formula is C13H24N4. The normalized spacial score (nSPS) is 25.7. The van der Waals surface area contributed by atoms with Crippen LogP contribution in [0, 0.1) is 5.92 Å². The van der Waals surface area contributed by atoms with E-state index in [0.717, 1.165) is 30.7 Å². The van der Waals surface area contributed by atoms with Gasteiger partial charge in [-0.3, -0.25) is 5.10 Å². The molecule has 1 fully saturated rings. The Morgan fingerprint density at radius 1 is 1.35 bits per heavy atom. The van der Waals surface area contributed by atoms with Gasteiger partial charge in [0.1, 0.15) is 12.2 Å². The van der Waals surface area contributed by atoms with E-state index in [9.17, 15) is 0 Å². The molecular weight excluding hydrogens is 212 g/mol. The molecule has 0 saturated heterocycles. The van der Waals surface area contributed by atoms with Crippen LogP contribution in [0.2, 0.25) is 0 Å². The van der Waals surface area contributed by atoms with Crippen LogP contribution in [0.5, 0.6) is 0 Å². The summed E-state index contributed by atoms with van der Waals surface area (Å²) in [4.78, 5) is 4.14.